The van der Waals surface area contributed by atoms with E-state index in [2.05, 4.69) is 327 Å². The van der Waals surface area contributed by atoms with E-state index in [9.17, 15) is 0 Å². The van der Waals surface area contributed by atoms with E-state index < -0.39 is 0 Å². The van der Waals surface area contributed by atoms with Gasteiger partial charge in [0.1, 0.15) is 0 Å². The van der Waals surface area contributed by atoms with Crippen LogP contribution in [0.3, 0.4) is 0 Å². The summed E-state index contributed by atoms with van der Waals surface area (Å²) in [6, 6.07) is 65.2. The fourth-order valence-electron chi connectivity index (χ4n) is 7.72. The van der Waals surface area contributed by atoms with Gasteiger partial charge in [0.15, 0.2) is 0 Å². The zero-order valence-electron chi connectivity index (χ0n) is 52.6. The summed E-state index contributed by atoms with van der Waals surface area (Å²) in [6.07, 6.45) is 5.72. The van der Waals surface area contributed by atoms with Gasteiger partial charge in [-0.3, -0.25) is 0 Å². The van der Waals surface area contributed by atoms with E-state index >= 15 is 0 Å². The minimum absolute atomic E-state index is 0.645. The third-order valence-electron chi connectivity index (χ3n) is 13.9. The number of hydrogen-bond donors (Lipinski definition) is 0. The van der Waals surface area contributed by atoms with Crippen LogP contribution >= 0.6 is 0 Å². The molecule has 0 aliphatic rings. The minimum atomic E-state index is 0.645. The molecule has 0 radical (unpaired) electrons. The largest absolute Gasteiger partial charge is 0.0617 e. The molecular weight excluding hydrogens is 925 g/mol. The molecule has 8 aromatic carbocycles. The predicted molar refractivity (Wildman–Crippen MR) is 348 cm³/mol. The summed E-state index contributed by atoms with van der Waals surface area (Å²) in [7, 11) is 0. The highest BCUT2D eigenvalue weighted by Crippen LogP contribution is 2.19. The Hall–Kier alpha value is -6.24. The molecule has 0 saturated heterocycles. The molecule has 8 aromatic rings. The van der Waals surface area contributed by atoms with E-state index in [0.29, 0.717) is 17.8 Å². The Morgan fingerprint density at radius 2 is 0.519 bits per heavy atom. The molecule has 0 bridgehead atoms. The lowest BCUT2D eigenvalue weighted by Crippen LogP contribution is -1.90. The van der Waals surface area contributed by atoms with Gasteiger partial charge in [0.25, 0.3) is 0 Å². The van der Waals surface area contributed by atoms with Gasteiger partial charge in [-0.15, -0.1) is 0 Å². The molecule has 0 aromatic heterocycles. The van der Waals surface area contributed by atoms with Crippen LogP contribution in [0.4, 0.5) is 0 Å². The van der Waals surface area contributed by atoms with Gasteiger partial charge >= 0.3 is 0 Å². The fraction of sp³-hybridized carbons (Fsp3) is 0.377. The highest BCUT2D eigenvalue weighted by Gasteiger charge is 2.01. The first-order valence-electron chi connectivity index (χ1n) is 29.0. The smallest absolute Gasteiger partial charge is 0.0219 e. The highest BCUT2D eigenvalue weighted by molar-refractivity contribution is 5.32. The summed E-state index contributed by atoms with van der Waals surface area (Å²) in [4.78, 5) is 0. The molecule has 414 valence electrons. The van der Waals surface area contributed by atoms with Crippen LogP contribution in [0.5, 0.6) is 0 Å². The highest BCUT2D eigenvalue weighted by atomic mass is 14.1. The zero-order valence-corrected chi connectivity index (χ0v) is 52.6. The van der Waals surface area contributed by atoms with Crippen LogP contribution in [0.25, 0.3) is 0 Å². The molecule has 0 N–H and O–H groups in total. The number of aryl methyl sites for hydroxylation is 14. The van der Waals surface area contributed by atoms with Crippen molar-refractivity contribution in [2.45, 2.75) is 195 Å². The number of benzene rings is 8. The molecule has 0 fully saturated rings. The monoisotopic (exact) mass is 1030 g/mol. The predicted octanol–water partition coefficient (Wildman–Crippen LogP) is 22.8. The molecule has 77 heavy (non-hydrogen) atoms. The average Bonchev–Trinajstić information content (AvgIpc) is 3.43. The topological polar surface area (TPSA) is 0 Å². The van der Waals surface area contributed by atoms with Crippen molar-refractivity contribution < 1.29 is 0 Å². The van der Waals surface area contributed by atoms with E-state index in [1.807, 2.05) is 0 Å². The molecule has 8 rings (SSSR count). The summed E-state index contributed by atoms with van der Waals surface area (Å²) in [5.41, 5.74) is 25.1. The Morgan fingerprint density at radius 1 is 0.234 bits per heavy atom. The molecule has 0 saturated carbocycles. The first-order valence-corrected chi connectivity index (χ1v) is 29.0. The zero-order chi connectivity index (χ0) is 57.9. The van der Waals surface area contributed by atoms with Crippen molar-refractivity contribution in [2.75, 3.05) is 0 Å². The molecule has 0 heteroatoms. The molecule has 0 aliphatic heterocycles. The maximum atomic E-state index is 2.28. The van der Waals surface area contributed by atoms with Crippen LogP contribution in [0.1, 0.15) is 194 Å². The molecule has 0 nitrogen and oxygen atoms in total. The van der Waals surface area contributed by atoms with Crippen molar-refractivity contribution in [3.8, 4) is 0 Å². The molecule has 0 heterocycles. The van der Waals surface area contributed by atoms with Crippen molar-refractivity contribution >= 4 is 0 Å². The lowest BCUT2D eigenvalue weighted by molar-refractivity contribution is 0.845. The SMILES string of the molecule is CC(C)c1ccc(C(C)C)cc1.CCc1ccc(C(C)C)cc1.CCc1ccc(CC)cc1.CCc1cccc(CC)c1.Cc1ccc(C)c(C)c1.Cc1ccc(C)cc1.Cc1cccc(C)c1.Cc1cccc(C)c1C. The molecule has 0 atom stereocenters. The Labute approximate surface area is 474 Å². The summed E-state index contributed by atoms with van der Waals surface area (Å²) >= 11 is 0. The Kier molecular flexibility index (Phi) is 35.0. The van der Waals surface area contributed by atoms with Gasteiger partial charge in [-0.1, -0.05) is 286 Å². The van der Waals surface area contributed by atoms with Crippen LogP contribution in [0.2, 0.25) is 0 Å². The van der Waals surface area contributed by atoms with Crippen LogP contribution in [0, 0.1) is 69.2 Å². The first-order chi connectivity index (χ1) is 36.6. The van der Waals surface area contributed by atoms with E-state index in [1.165, 1.54) is 100 Å². The van der Waals surface area contributed by atoms with E-state index in [4.69, 9.17) is 0 Å². The van der Waals surface area contributed by atoms with Crippen molar-refractivity contribution in [3.63, 3.8) is 0 Å². The molecule has 0 spiro atoms. The second-order valence-electron chi connectivity index (χ2n) is 21.7. The number of rotatable bonds is 8. The third-order valence-corrected chi connectivity index (χ3v) is 13.9. The van der Waals surface area contributed by atoms with Gasteiger partial charge in [0, 0.05) is 0 Å². The van der Waals surface area contributed by atoms with E-state index in [-0.39, 0.29) is 0 Å². The summed E-state index contributed by atoms with van der Waals surface area (Å²) in [6.45, 7) is 45.5. The first kappa shape index (κ1) is 68.8. The summed E-state index contributed by atoms with van der Waals surface area (Å²) < 4.78 is 0. The van der Waals surface area contributed by atoms with Gasteiger partial charge in [-0.2, -0.15) is 0 Å². The van der Waals surface area contributed by atoms with Gasteiger partial charge < -0.3 is 0 Å². The Balaban J connectivity index is 0.000000441. The normalized spacial score (nSPS) is 9.97. The van der Waals surface area contributed by atoms with Crippen LogP contribution in [-0.2, 0) is 32.1 Å². The van der Waals surface area contributed by atoms with Gasteiger partial charge in [-0.05, 0) is 191 Å². The second kappa shape index (κ2) is 39.2. The van der Waals surface area contributed by atoms with Crippen LogP contribution in [0.15, 0.2) is 182 Å². The summed E-state index contributed by atoms with van der Waals surface area (Å²) in [5, 5.41) is 0. The Bertz CT molecular complexity index is 2610. The quantitative estimate of drug-likeness (QED) is 0.142. The fourth-order valence-corrected chi connectivity index (χ4v) is 7.72. The maximum absolute atomic E-state index is 2.28. The summed E-state index contributed by atoms with van der Waals surface area (Å²) in [5.74, 6) is 1.94. The van der Waals surface area contributed by atoms with Gasteiger partial charge in [-0.25, -0.2) is 0 Å². The number of hydrogen-bond acceptors (Lipinski definition) is 0. The van der Waals surface area contributed by atoms with Gasteiger partial charge in [0.05, 0.1) is 0 Å². The standard InChI is InChI=1S/C12H18.C11H16.2C10H14.2C9H12.2C8H10/c1-9(2)11-5-7-12(8-6-11)10(3)4;1-4-10-5-7-11(8-6-10)9(2)3;1-3-9-5-7-10(4-2)8-6-9;1-3-9-6-5-7-10(4-2)8-9;1-7-4-5-8(2)9(3)6-7;1-7-5-4-6-8(2)9(7)3;1-7-3-5-8(2)6-4-7;1-7-4-3-5-8(2)6-7/h5-10H,1-4H3;5-9H,4H2,1-3H3;2*5-8H,3-4H2,1-2H3;2*4-6H,1-3H3;2*3-6H,1-2H3. The third kappa shape index (κ3) is 30.3. The van der Waals surface area contributed by atoms with Crippen molar-refractivity contribution in [2.24, 2.45) is 0 Å². The van der Waals surface area contributed by atoms with Crippen LogP contribution in [-0.4, -0.2) is 0 Å². The molecular formula is C77H106. The van der Waals surface area contributed by atoms with E-state index in [1.54, 1.807) is 0 Å². The lowest BCUT2D eigenvalue weighted by atomic mass is 9.97. The molecule has 0 aliphatic carbocycles. The minimum Gasteiger partial charge on any atom is -0.0617 e. The lowest BCUT2D eigenvalue weighted by Gasteiger charge is -2.08. The molecule has 0 amide bonds. The van der Waals surface area contributed by atoms with E-state index in [0.717, 1.165) is 32.1 Å². The second-order valence-corrected chi connectivity index (χ2v) is 21.7. The molecule has 0 unspecified atom stereocenters. The van der Waals surface area contributed by atoms with Crippen LogP contribution < -0.4 is 0 Å². The average molecular weight is 1030 g/mol. The van der Waals surface area contributed by atoms with Gasteiger partial charge in [0.2, 0.25) is 0 Å². The maximum Gasteiger partial charge on any atom is -0.0219 e. The van der Waals surface area contributed by atoms with Crippen molar-refractivity contribution in [1.29, 1.82) is 0 Å². The Morgan fingerprint density at radius 3 is 0.792 bits per heavy atom. The van der Waals surface area contributed by atoms with Crippen molar-refractivity contribution in [3.05, 3.63) is 282 Å². The van der Waals surface area contributed by atoms with Crippen molar-refractivity contribution in [1.82, 2.24) is 0 Å².